The van der Waals surface area contributed by atoms with Crippen LogP contribution in [0.15, 0.2) is 30.6 Å². The number of aromatic nitrogens is 2. The number of nitrogens with one attached hydrogen (secondary N) is 2. The van der Waals surface area contributed by atoms with Crippen molar-refractivity contribution in [1.82, 2.24) is 14.7 Å². The quantitative estimate of drug-likeness (QED) is 0.795. The van der Waals surface area contributed by atoms with Crippen LogP contribution in [0.3, 0.4) is 0 Å². The highest BCUT2D eigenvalue weighted by atomic mass is 16.5. The van der Waals surface area contributed by atoms with Crippen molar-refractivity contribution in [1.29, 1.82) is 5.41 Å². The number of benzene rings is 1. The van der Waals surface area contributed by atoms with Crippen LogP contribution in [-0.4, -0.2) is 53.2 Å². The Labute approximate surface area is 167 Å². The zero-order valence-electron chi connectivity index (χ0n) is 16.9. The Kier molecular flexibility index (Phi) is 5.78. The Hall–Kier alpha value is -2.18. The Morgan fingerprint density at radius 1 is 1.21 bits per heavy atom. The normalized spacial score (nSPS) is 24.2. The first kappa shape index (κ1) is 19.2. The molecule has 3 aliphatic rings. The van der Waals surface area contributed by atoms with Crippen molar-refractivity contribution < 1.29 is 4.74 Å². The molecule has 1 aromatic carbocycles. The minimum Gasteiger partial charge on any atom is -0.378 e. The van der Waals surface area contributed by atoms with Crippen LogP contribution in [0, 0.1) is 24.2 Å². The van der Waals surface area contributed by atoms with Crippen LogP contribution in [0.5, 0.6) is 0 Å². The van der Waals surface area contributed by atoms with Gasteiger partial charge in [-0.2, -0.15) is 5.10 Å². The van der Waals surface area contributed by atoms with Crippen LogP contribution in [0.1, 0.15) is 30.4 Å². The van der Waals surface area contributed by atoms with Gasteiger partial charge in [0, 0.05) is 43.8 Å². The molecule has 150 valence electrons. The summed E-state index contributed by atoms with van der Waals surface area (Å²) in [5, 5.41) is 14.7. The molecule has 6 nitrogen and oxygen atoms in total. The first-order valence-electron chi connectivity index (χ1n) is 10.3. The summed E-state index contributed by atoms with van der Waals surface area (Å²) in [6, 6.07) is 6.76. The molecule has 2 atom stereocenters. The van der Waals surface area contributed by atoms with Gasteiger partial charge in [-0.1, -0.05) is 18.1 Å². The molecule has 2 N–H and O–H groups in total. The van der Waals surface area contributed by atoms with Crippen molar-refractivity contribution in [2.75, 3.05) is 31.6 Å². The Bertz CT molecular complexity index is 801. The predicted molar refractivity (Wildman–Crippen MR) is 113 cm³/mol. The molecule has 28 heavy (non-hydrogen) atoms. The van der Waals surface area contributed by atoms with Gasteiger partial charge in [0.1, 0.15) is 0 Å². The van der Waals surface area contributed by atoms with Gasteiger partial charge in [-0.15, -0.1) is 0 Å². The van der Waals surface area contributed by atoms with Gasteiger partial charge in [-0.25, -0.2) is 0 Å². The molecule has 1 aliphatic carbocycles. The summed E-state index contributed by atoms with van der Waals surface area (Å²) in [4.78, 5) is 2.66. The van der Waals surface area contributed by atoms with Crippen LogP contribution < -0.4 is 5.32 Å². The van der Waals surface area contributed by atoms with Gasteiger partial charge in [0.05, 0.1) is 31.1 Å². The van der Waals surface area contributed by atoms with Gasteiger partial charge in [-0.3, -0.25) is 9.58 Å². The number of rotatable bonds is 4. The van der Waals surface area contributed by atoms with Crippen molar-refractivity contribution >= 4 is 17.6 Å². The predicted octanol–water partition coefficient (Wildman–Crippen LogP) is 3.59. The zero-order valence-corrected chi connectivity index (χ0v) is 16.9. The molecule has 0 spiro atoms. The third-order valence-electron chi connectivity index (χ3n) is 6.24. The topological polar surface area (TPSA) is 66.2 Å². The fourth-order valence-corrected chi connectivity index (χ4v) is 4.56. The van der Waals surface area contributed by atoms with E-state index in [2.05, 4.69) is 15.3 Å². The van der Waals surface area contributed by atoms with Gasteiger partial charge in [0.15, 0.2) is 0 Å². The molecule has 3 heterocycles. The van der Waals surface area contributed by atoms with E-state index in [0.29, 0.717) is 0 Å². The number of anilines is 2. The number of nitrogens with zero attached hydrogens (tertiary/aromatic N) is 3. The summed E-state index contributed by atoms with van der Waals surface area (Å²) in [6.45, 7) is 6.76. The first-order valence-corrected chi connectivity index (χ1v) is 10.3. The molecule has 6 heteroatoms. The van der Waals surface area contributed by atoms with Crippen LogP contribution in [0.4, 0.5) is 11.4 Å². The third kappa shape index (κ3) is 4.28. The molecule has 2 aromatic rings. The molecule has 0 unspecified atom stereocenters. The SMILES string of the molecule is C1C[C@@H]2CN(C3COC3)C[C@@H]2C1.Cc1ccc(Nc2cnn(C)c2)c(C=N)c1. The van der Waals surface area contributed by atoms with Crippen molar-refractivity contribution in [3.05, 3.63) is 41.7 Å². The molecule has 0 radical (unpaired) electrons. The fourth-order valence-electron chi connectivity index (χ4n) is 4.56. The van der Waals surface area contributed by atoms with Gasteiger partial charge in [0.25, 0.3) is 0 Å². The minimum absolute atomic E-state index is 0.788. The standard InChI is InChI=1S/C12H14N4.C10H17NO/c1-9-3-4-12(10(5-9)6-13)15-11-7-14-16(2)8-11;1-2-8-4-11(5-9(8)3-1)10-6-12-7-10/h3-8,13,15H,1-2H3;8-10H,1-7H2/t;8-,9+. The second-order valence-corrected chi connectivity index (χ2v) is 8.36. The van der Waals surface area contributed by atoms with E-state index >= 15 is 0 Å². The van der Waals surface area contributed by atoms with E-state index in [1.165, 1.54) is 38.6 Å². The number of aryl methyl sites for hydroxylation is 2. The highest BCUT2D eigenvalue weighted by molar-refractivity contribution is 5.87. The maximum absolute atomic E-state index is 7.37. The number of likely N-dealkylation sites (tertiary alicyclic amines) is 1. The molecular formula is C22H31N5O. The Balaban J connectivity index is 0.000000142. The molecule has 2 saturated heterocycles. The average Bonchev–Trinajstić information content (AvgIpc) is 3.32. The highest BCUT2D eigenvalue weighted by Crippen LogP contribution is 2.39. The molecule has 0 amide bonds. The molecule has 2 aliphatic heterocycles. The van der Waals surface area contributed by atoms with Gasteiger partial charge in [-0.05, 0) is 43.7 Å². The van der Waals surface area contributed by atoms with Gasteiger partial charge < -0.3 is 15.5 Å². The summed E-state index contributed by atoms with van der Waals surface area (Å²) in [5.41, 5.74) is 3.88. The maximum atomic E-state index is 7.37. The summed E-state index contributed by atoms with van der Waals surface area (Å²) in [6.07, 6.45) is 9.49. The average molecular weight is 382 g/mol. The molecular weight excluding hydrogens is 350 g/mol. The number of ether oxygens (including phenoxy) is 1. The molecule has 1 aromatic heterocycles. The van der Waals surface area contributed by atoms with E-state index in [-0.39, 0.29) is 0 Å². The van der Waals surface area contributed by atoms with E-state index in [4.69, 9.17) is 10.1 Å². The summed E-state index contributed by atoms with van der Waals surface area (Å²) in [7, 11) is 1.87. The van der Waals surface area contributed by atoms with Gasteiger partial charge in [0.2, 0.25) is 0 Å². The summed E-state index contributed by atoms with van der Waals surface area (Å²) < 4.78 is 6.96. The number of hydrogen-bond donors (Lipinski definition) is 2. The minimum atomic E-state index is 0.788. The fraction of sp³-hybridized carbons (Fsp3) is 0.545. The van der Waals surface area contributed by atoms with E-state index in [0.717, 1.165) is 53.6 Å². The van der Waals surface area contributed by atoms with Crippen molar-refractivity contribution in [3.63, 3.8) is 0 Å². The molecule has 1 saturated carbocycles. The molecule has 0 bridgehead atoms. The van der Waals surface area contributed by atoms with Gasteiger partial charge >= 0.3 is 0 Å². The van der Waals surface area contributed by atoms with Crippen LogP contribution in [0.25, 0.3) is 0 Å². The second kappa shape index (κ2) is 8.45. The summed E-state index contributed by atoms with van der Waals surface area (Å²) >= 11 is 0. The van der Waals surface area contributed by atoms with Crippen LogP contribution in [-0.2, 0) is 11.8 Å². The number of fused-ring (bicyclic) bond motifs is 1. The third-order valence-corrected chi connectivity index (χ3v) is 6.24. The lowest BCUT2D eigenvalue weighted by molar-refractivity contribution is -0.0593. The highest BCUT2D eigenvalue weighted by Gasteiger charge is 2.40. The maximum Gasteiger partial charge on any atom is 0.0770 e. The Morgan fingerprint density at radius 2 is 1.96 bits per heavy atom. The van der Waals surface area contributed by atoms with Crippen LogP contribution in [0.2, 0.25) is 0 Å². The van der Waals surface area contributed by atoms with Crippen molar-refractivity contribution in [2.45, 2.75) is 32.2 Å². The monoisotopic (exact) mass is 381 g/mol. The lowest BCUT2D eigenvalue weighted by Crippen LogP contribution is -2.48. The van der Waals surface area contributed by atoms with E-state index in [1.807, 2.05) is 38.4 Å². The number of hydrogen-bond acceptors (Lipinski definition) is 5. The molecule has 5 rings (SSSR count). The zero-order chi connectivity index (χ0) is 19.5. The second-order valence-electron chi connectivity index (χ2n) is 8.36. The first-order chi connectivity index (χ1) is 13.6. The smallest absolute Gasteiger partial charge is 0.0770 e. The largest absolute Gasteiger partial charge is 0.378 e. The van der Waals surface area contributed by atoms with E-state index < -0.39 is 0 Å². The summed E-state index contributed by atoms with van der Waals surface area (Å²) in [5.74, 6) is 2.09. The van der Waals surface area contributed by atoms with Crippen LogP contribution >= 0.6 is 0 Å². The van der Waals surface area contributed by atoms with Crippen molar-refractivity contribution in [2.24, 2.45) is 18.9 Å². The molecule has 3 fully saturated rings. The lowest BCUT2D eigenvalue weighted by atomic mass is 10.0. The van der Waals surface area contributed by atoms with E-state index in [9.17, 15) is 0 Å². The van der Waals surface area contributed by atoms with E-state index in [1.54, 1.807) is 10.9 Å². The Morgan fingerprint density at radius 3 is 2.54 bits per heavy atom. The lowest BCUT2D eigenvalue weighted by Gasteiger charge is -2.34. The van der Waals surface area contributed by atoms with Crippen molar-refractivity contribution in [3.8, 4) is 0 Å².